The van der Waals surface area contributed by atoms with Gasteiger partial charge in [-0.05, 0) is 71.1 Å². The zero-order valence-corrected chi connectivity index (χ0v) is 31.0. The maximum absolute atomic E-state index is 14.5. The average molecular weight is 684 g/mol. The molecule has 0 radical (unpaired) electrons. The Balaban J connectivity index is 2.59. The van der Waals surface area contributed by atoms with E-state index in [4.69, 9.17) is 9.47 Å². The molecule has 0 heterocycles. The highest BCUT2D eigenvalue weighted by Gasteiger charge is 2.38. The minimum Gasteiger partial charge on any atom is -0.458 e. The highest BCUT2D eigenvalue weighted by Crippen LogP contribution is 2.26. The van der Waals surface area contributed by atoms with E-state index in [2.05, 4.69) is 30.2 Å². The molecular formula is C38H57N3O6S. The van der Waals surface area contributed by atoms with Gasteiger partial charge in [0.25, 0.3) is 0 Å². The standard InChI is InChI=1S/C38H57N3O6S/c1-9-11-12-13-17-24-41(34(43)31(26-48)40-36(45)47-38(6,7)8)32(29-22-20-27(10-2)21-23-29)33(42)39-30(35(44)46-37(3,4)5)25-28-18-15-14-16-19-28/h14-16,18-23,30-32,48H,9-13,17,24-26H2,1-8H3,(H,39,42)(H,40,45). The molecule has 9 nitrogen and oxygen atoms in total. The first-order valence-electron chi connectivity index (χ1n) is 17.1. The minimum atomic E-state index is -1.10. The molecule has 3 unspecified atom stereocenters. The molecule has 0 bridgehead atoms. The summed E-state index contributed by atoms with van der Waals surface area (Å²) >= 11 is 4.40. The molecule has 2 N–H and O–H groups in total. The third kappa shape index (κ3) is 14.3. The predicted molar refractivity (Wildman–Crippen MR) is 194 cm³/mol. The van der Waals surface area contributed by atoms with Gasteiger partial charge in [0, 0.05) is 18.7 Å². The second-order valence-corrected chi connectivity index (χ2v) is 14.5. The number of aryl methyl sites for hydroxylation is 1. The summed E-state index contributed by atoms with van der Waals surface area (Å²) in [5.74, 6) is -1.58. The van der Waals surface area contributed by atoms with Crippen LogP contribution in [0.4, 0.5) is 4.79 Å². The fraction of sp³-hybridized carbons (Fsp3) is 0.579. The summed E-state index contributed by atoms with van der Waals surface area (Å²) in [6, 6.07) is 13.8. The van der Waals surface area contributed by atoms with Crippen molar-refractivity contribution in [3.05, 3.63) is 71.3 Å². The Labute approximate surface area is 293 Å². The average Bonchev–Trinajstić information content (AvgIpc) is 3.01. The van der Waals surface area contributed by atoms with E-state index in [0.29, 0.717) is 12.0 Å². The van der Waals surface area contributed by atoms with E-state index < -0.39 is 53.2 Å². The van der Waals surface area contributed by atoms with Crippen molar-refractivity contribution in [3.63, 3.8) is 0 Å². The van der Waals surface area contributed by atoms with E-state index in [1.807, 2.05) is 61.5 Å². The number of thiol groups is 1. The lowest BCUT2D eigenvalue weighted by atomic mass is 9.99. The summed E-state index contributed by atoms with van der Waals surface area (Å²) in [6.45, 7) is 15.0. The molecule has 2 aromatic rings. The van der Waals surface area contributed by atoms with Crippen LogP contribution in [-0.2, 0) is 36.7 Å². The van der Waals surface area contributed by atoms with Gasteiger partial charge in [-0.15, -0.1) is 0 Å². The third-order valence-electron chi connectivity index (χ3n) is 7.51. The number of carbonyl (C=O) groups excluding carboxylic acids is 4. The van der Waals surface area contributed by atoms with Gasteiger partial charge in [0.15, 0.2) is 0 Å². The molecule has 0 aliphatic carbocycles. The molecule has 0 spiro atoms. The first kappa shape index (κ1) is 40.6. The van der Waals surface area contributed by atoms with E-state index in [-0.39, 0.29) is 18.7 Å². The number of nitrogens with zero attached hydrogens (tertiary/aromatic N) is 1. The van der Waals surface area contributed by atoms with Crippen molar-refractivity contribution in [1.29, 1.82) is 0 Å². The maximum Gasteiger partial charge on any atom is 0.408 e. The summed E-state index contributed by atoms with van der Waals surface area (Å²) in [7, 11) is 0. The molecule has 0 aromatic heterocycles. The van der Waals surface area contributed by atoms with Crippen molar-refractivity contribution in [2.45, 2.75) is 130 Å². The Morgan fingerprint density at radius 1 is 0.750 bits per heavy atom. The van der Waals surface area contributed by atoms with E-state index in [1.54, 1.807) is 41.5 Å². The molecule has 0 aliphatic rings. The number of esters is 1. The molecule has 10 heteroatoms. The van der Waals surface area contributed by atoms with Gasteiger partial charge in [0.1, 0.15) is 29.3 Å². The van der Waals surface area contributed by atoms with Gasteiger partial charge in [-0.1, -0.05) is 94.1 Å². The van der Waals surface area contributed by atoms with Gasteiger partial charge in [-0.25, -0.2) is 9.59 Å². The van der Waals surface area contributed by atoms with Crippen molar-refractivity contribution in [2.24, 2.45) is 0 Å². The first-order chi connectivity index (χ1) is 22.6. The van der Waals surface area contributed by atoms with E-state index in [1.165, 1.54) is 4.90 Å². The van der Waals surface area contributed by atoms with Crippen molar-refractivity contribution in [1.82, 2.24) is 15.5 Å². The summed E-state index contributed by atoms with van der Waals surface area (Å²) in [5.41, 5.74) is 0.958. The molecule has 3 amide bonds. The molecule has 3 atom stereocenters. The second-order valence-electron chi connectivity index (χ2n) is 14.1. The number of rotatable bonds is 17. The third-order valence-corrected chi connectivity index (χ3v) is 7.88. The van der Waals surface area contributed by atoms with Crippen LogP contribution in [0.25, 0.3) is 0 Å². The Morgan fingerprint density at radius 2 is 1.35 bits per heavy atom. The monoisotopic (exact) mass is 683 g/mol. The lowest BCUT2D eigenvalue weighted by molar-refractivity contribution is -0.159. The number of hydrogen-bond donors (Lipinski definition) is 3. The zero-order chi connectivity index (χ0) is 35.9. The Morgan fingerprint density at radius 3 is 1.90 bits per heavy atom. The SMILES string of the molecule is CCCCCCCN(C(=O)C(CS)NC(=O)OC(C)(C)C)C(C(=O)NC(Cc1ccccc1)C(=O)OC(C)(C)C)c1ccc(CC)cc1. The van der Waals surface area contributed by atoms with Gasteiger partial charge in [-0.2, -0.15) is 12.6 Å². The highest BCUT2D eigenvalue weighted by atomic mass is 32.1. The topological polar surface area (TPSA) is 114 Å². The summed E-state index contributed by atoms with van der Waals surface area (Å²) in [6.07, 6.45) is 4.88. The van der Waals surface area contributed by atoms with Gasteiger partial charge in [-0.3, -0.25) is 9.59 Å². The maximum atomic E-state index is 14.5. The molecule has 2 aromatic carbocycles. The second kappa shape index (κ2) is 19.5. The van der Waals surface area contributed by atoms with Crippen LogP contribution in [0.2, 0.25) is 0 Å². The summed E-state index contributed by atoms with van der Waals surface area (Å²) in [4.78, 5) is 56.7. The Hall–Kier alpha value is -3.53. The molecule has 0 aliphatic heterocycles. The normalized spacial score (nSPS) is 13.5. The van der Waals surface area contributed by atoms with Gasteiger partial charge in [0.2, 0.25) is 11.8 Å². The highest BCUT2D eigenvalue weighted by molar-refractivity contribution is 7.80. The predicted octanol–water partition coefficient (Wildman–Crippen LogP) is 6.98. The van der Waals surface area contributed by atoms with Crippen LogP contribution in [0.1, 0.15) is 110 Å². The molecule has 48 heavy (non-hydrogen) atoms. The van der Waals surface area contributed by atoms with E-state index in [0.717, 1.165) is 43.2 Å². The van der Waals surface area contributed by atoms with Crippen molar-refractivity contribution < 1.29 is 28.7 Å². The van der Waals surface area contributed by atoms with Gasteiger partial charge < -0.3 is 25.0 Å². The Kier molecular flexibility index (Phi) is 16.5. The van der Waals surface area contributed by atoms with Crippen LogP contribution in [0, 0.1) is 0 Å². The summed E-state index contributed by atoms with van der Waals surface area (Å²) < 4.78 is 11.2. The quantitative estimate of drug-likeness (QED) is 0.0942. The number of alkyl carbamates (subject to hydrolysis) is 1. The van der Waals surface area contributed by atoms with Crippen LogP contribution in [0.3, 0.4) is 0 Å². The smallest absolute Gasteiger partial charge is 0.408 e. The molecule has 2 rings (SSSR count). The van der Waals surface area contributed by atoms with Crippen LogP contribution in [0.5, 0.6) is 0 Å². The van der Waals surface area contributed by atoms with Crippen molar-refractivity contribution in [3.8, 4) is 0 Å². The van der Waals surface area contributed by atoms with Crippen molar-refractivity contribution in [2.75, 3.05) is 12.3 Å². The van der Waals surface area contributed by atoms with E-state index >= 15 is 0 Å². The number of nitrogens with one attached hydrogen (secondary N) is 2. The molecule has 0 fully saturated rings. The first-order valence-corrected chi connectivity index (χ1v) is 17.8. The van der Waals surface area contributed by atoms with Gasteiger partial charge >= 0.3 is 12.1 Å². The summed E-state index contributed by atoms with van der Waals surface area (Å²) in [5, 5.41) is 5.61. The molecule has 266 valence electrons. The van der Waals surface area contributed by atoms with Gasteiger partial charge in [0.05, 0.1) is 0 Å². The number of hydrogen-bond acceptors (Lipinski definition) is 7. The fourth-order valence-electron chi connectivity index (χ4n) is 5.16. The largest absolute Gasteiger partial charge is 0.458 e. The molecule has 0 saturated heterocycles. The van der Waals surface area contributed by atoms with Crippen LogP contribution < -0.4 is 10.6 Å². The van der Waals surface area contributed by atoms with Crippen molar-refractivity contribution >= 4 is 36.5 Å². The Bertz CT molecular complexity index is 1300. The zero-order valence-electron chi connectivity index (χ0n) is 30.1. The molecule has 0 saturated carbocycles. The lowest BCUT2D eigenvalue weighted by Crippen LogP contribution is -2.55. The van der Waals surface area contributed by atoms with Crippen LogP contribution in [0.15, 0.2) is 54.6 Å². The lowest BCUT2D eigenvalue weighted by Gasteiger charge is -2.35. The molecular weight excluding hydrogens is 627 g/mol. The number of ether oxygens (including phenoxy) is 2. The van der Waals surface area contributed by atoms with E-state index in [9.17, 15) is 19.2 Å². The van der Waals surface area contributed by atoms with Crippen LogP contribution >= 0.6 is 12.6 Å². The fourth-order valence-corrected chi connectivity index (χ4v) is 5.41. The minimum absolute atomic E-state index is 0.0118. The number of carbonyl (C=O) groups is 4. The number of unbranched alkanes of at least 4 members (excludes halogenated alkanes) is 4. The van der Waals surface area contributed by atoms with Crippen LogP contribution in [-0.4, -0.2) is 64.4 Å². The number of amides is 3. The number of benzene rings is 2.